The van der Waals surface area contributed by atoms with Crippen molar-refractivity contribution in [2.45, 2.75) is 11.8 Å². The fraction of sp³-hybridized carbons (Fsp3) is 0.0833. The highest BCUT2D eigenvalue weighted by Crippen LogP contribution is 2.28. The molecule has 0 atom stereocenters. The van der Waals surface area contributed by atoms with Crippen molar-refractivity contribution in [2.75, 3.05) is 4.72 Å². The quantitative estimate of drug-likeness (QED) is 0.853. The fourth-order valence-electron chi connectivity index (χ4n) is 1.51. The van der Waals surface area contributed by atoms with Gasteiger partial charge in [-0.3, -0.25) is 4.72 Å². The summed E-state index contributed by atoms with van der Waals surface area (Å²) in [6, 6.07) is 4.70. The Bertz CT molecular complexity index is 815. The maximum absolute atomic E-state index is 13.4. The van der Waals surface area contributed by atoms with Crippen LogP contribution < -0.4 is 4.72 Å². The van der Waals surface area contributed by atoms with E-state index in [1.165, 1.54) is 12.1 Å². The molecule has 2 N–H and O–H groups in total. The molecule has 6 nitrogen and oxygen atoms in total. The van der Waals surface area contributed by atoms with E-state index in [9.17, 15) is 17.6 Å². The first kappa shape index (κ1) is 15.5. The summed E-state index contributed by atoms with van der Waals surface area (Å²) in [4.78, 5) is 10.4. The molecule has 0 radical (unpaired) electrons. The second-order valence-corrected chi connectivity index (χ2v) is 6.49. The molecule has 2 rings (SSSR count). The summed E-state index contributed by atoms with van der Waals surface area (Å²) in [7, 11) is -4.11. The fourth-order valence-corrected chi connectivity index (χ4v) is 3.50. The number of anilines is 1. The summed E-state index contributed by atoms with van der Waals surface area (Å²) in [5.74, 6) is -2.50. The second kappa shape index (κ2) is 5.49. The van der Waals surface area contributed by atoms with Crippen LogP contribution in [-0.2, 0) is 10.0 Å². The number of hydrogen-bond acceptors (Lipinski definition) is 4. The maximum Gasteiger partial charge on any atom is 0.371 e. The van der Waals surface area contributed by atoms with Gasteiger partial charge in [-0.25, -0.2) is 17.6 Å². The number of rotatable bonds is 4. The lowest BCUT2D eigenvalue weighted by molar-refractivity contribution is 0.0661. The van der Waals surface area contributed by atoms with E-state index in [0.29, 0.717) is 5.56 Å². The minimum Gasteiger partial charge on any atom is -0.475 e. The zero-order chi connectivity index (χ0) is 15.8. The molecule has 0 spiro atoms. The molecule has 9 heteroatoms. The Morgan fingerprint density at radius 2 is 2.05 bits per heavy atom. The third-order valence-electron chi connectivity index (χ3n) is 2.58. The molecule has 0 aliphatic rings. The van der Waals surface area contributed by atoms with Gasteiger partial charge in [0.15, 0.2) is 4.67 Å². The van der Waals surface area contributed by atoms with E-state index in [-0.39, 0.29) is 15.3 Å². The lowest BCUT2D eigenvalue weighted by atomic mass is 10.2. The molecule has 2 aromatic rings. The van der Waals surface area contributed by atoms with E-state index in [1.54, 1.807) is 6.92 Å². The van der Waals surface area contributed by atoms with Crippen LogP contribution in [0.5, 0.6) is 0 Å². The number of hydrogen-bond donors (Lipinski definition) is 2. The van der Waals surface area contributed by atoms with Gasteiger partial charge in [-0.2, -0.15) is 0 Å². The van der Waals surface area contributed by atoms with Crippen molar-refractivity contribution in [3.63, 3.8) is 0 Å². The number of carboxylic acids is 1. The van der Waals surface area contributed by atoms with Crippen molar-refractivity contribution in [3.8, 4) is 0 Å². The van der Waals surface area contributed by atoms with Crippen LogP contribution in [0.2, 0.25) is 0 Å². The minimum absolute atomic E-state index is 0.0167. The molecule has 112 valence electrons. The molecule has 0 aliphatic heterocycles. The summed E-state index contributed by atoms with van der Waals surface area (Å²) in [5.41, 5.74) is 0.388. The van der Waals surface area contributed by atoms with Gasteiger partial charge in [0.2, 0.25) is 5.76 Å². The summed E-state index contributed by atoms with van der Waals surface area (Å²) in [6.07, 6.45) is 0. The third kappa shape index (κ3) is 3.24. The Hall–Kier alpha value is -1.87. The van der Waals surface area contributed by atoms with E-state index < -0.39 is 27.6 Å². The van der Waals surface area contributed by atoms with Crippen molar-refractivity contribution in [3.05, 3.63) is 46.1 Å². The smallest absolute Gasteiger partial charge is 0.371 e. The SMILES string of the molecule is Cc1ccc(NS(=O)(=O)c2cc(C(=O)O)oc2Br)cc1F. The van der Waals surface area contributed by atoms with E-state index in [1.807, 2.05) is 0 Å². The van der Waals surface area contributed by atoms with Crippen molar-refractivity contribution in [1.29, 1.82) is 0 Å². The number of aryl methyl sites for hydroxylation is 1. The monoisotopic (exact) mass is 377 g/mol. The van der Waals surface area contributed by atoms with Crippen molar-refractivity contribution in [1.82, 2.24) is 0 Å². The first-order chi connectivity index (χ1) is 9.70. The molecule has 1 aromatic carbocycles. The summed E-state index contributed by atoms with van der Waals surface area (Å²) >= 11 is 2.84. The molecule has 0 aliphatic carbocycles. The first-order valence-electron chi connectivity index (χ1n) is 5.52. The van der Waals surface area contributed by atoms with Gasteiger partial charge in [-0.05, 0) is 40.5 Å². The van der Waals surface area contributed by atoms with Crippen molar-refractivity contribution >= 4 is 37.6 Å². The average Bonchev–Trinajstić information content (AvgIpc) is 2.77. The standard InChI is InChI=1S/C12H9BrFNO5S/c1-6-2-3-7(4-8(6)14)15-21(18,19)10-5-9(12(16)17)20-11(10)13/h2-5,15H,1H3,(H,16,17). The topological polar surface area (TPSA) is 96.6 Å². The molecule has 1 aromatic heterocycles. The number of sulfonamides is 1. The van der Waals surface area contributed by atoms with Gasteiger partial charge < -0.3 is 9.52 Å². The van der Waals surface area contributed by atoms with Gasteiger partial charge in [0.05, 0.1) is 5.69 Å². The molecule has 0 bridgehead atoms. The Balaban J connectivity index is 2.38. The van der Waals surface area contributed by atoms with Crippen LogP contribution >= 0.6 is 15.9 Å². The van der Waals surface area contributed by atoms with Crippen LogP contribution in [0.15, 0.2) is 38.2 Å². The number of carboxylic acid groups (broad SMARTS) is 1. The van der Waals surface area contributed by atoms with Crippen LogP contribution in [-0.4, -0.2) is 19.5 Å². The van der Waals surface area contributed by atoms with Gasteiger partial charge in [0.1, 0.15) is 10.7 Å². The Kier molecular flexibility index (Phi) is 4.06. The molecule has 21 heavy (non-hydrogen) atoms. The molecule has 0 amide bonds. The highest BCUT2D eigenvalue weighted by molar-refractivity contribution is 9.10. The molecule has 0 unspecified atom stereocenters. The van der Waals surface area contributed by atoms with E-state index in [0.717, 1.165) is 12.1 Å². The summed E-state index contributed by atoms with van der Waals surface area (Å²) < 4.78 is 44.3. The van der Waals surface area contributed by atoms with E-state index in [4.69, 9.17) is 9.52 Å². The van der Waals surface area contributed by atoms with Crippen LogP contribution in [0, 0.1) is 12.7 Å². The Morgan fingerprint density at radius 1 is 1.38 bits per heavy atom. The first-order valence-corrected chi connectivity index (χ1v) is 7.80. The second-order valence-electron chi connectivity index (χ2n) is 4.12. The summed E-state index contributed by atoms with van der Waals surface area (Å²) in [6.45, 7) is 1.54. The number of halogens is 2. The number of benzene rings is 1. The van der Waals surface area contributed by atoms with Gasteiger partial charge >= 0.3 is 5.97 Å². The van der Waals surface area contributed by atoms with Crippen LogP contribution in [0.4, 0.5) is 10.1 Å². The van der Waals surface area contributed by atoms with Crippen molar-refractivity contribution in [2.24, 2.45) is 0 Å². The molecular formula is C12H9BrFNO5S. The van der Waals surface area contributed by atoms with Crippen LogP contribution in [0.25, 0.3) is 0 Å². The highest BCUT2D eigenvalue weighted by atomic mass is 79.9. The molecule has 1 heterocycles. The lowest BCUT2D eigenvalue weighted by Gasteiger charge is -2.07. The normalized spacial score (nSPS) is 11.4. The molecule has 0 saturated carbocycles. The van der Waals surface area contributed by atoms with Crippen LogP contribution in [0.3, 0.4) is 0 Å². The van der Waals surface area contributed by atoms with Gasteiger partial charge in [-0.15, -0.1) is 0 Å². The number of furan rings is 1. The Morgan fingerprint density at radius 3 is 2.57 bits per heavy atom. The molecular weight excluding hydrogens is 369 g/mol. The average molecular weight is 378 g/mol. The maximum atomic E-state index is 13.4. The Labute approximate surface area is 127 Å². The number of nitrogens with one attached hydrogen (secondary N) is 1. The van der Waals surface area contributed by atoms with Gasteiger partial charge in [0, 0.05) is 6.07 Å². The van der Waals surface area contributed by atoms with Crippen LogP contribution in [0.1, 0.15) is 16.1 Å². The van der Waals surface area contributed by atoms with E-state index >= 15 is 0 Å². The van der Waals surface area contributed by atoms with Gasteiger partial charge in [0.25, 0.3) is 10.0 Å². The summed E-state index contributed by atoms with van der Waals surface area (Å²) in [5, 5.41) is 8.77. The number of carbonyl (C=O) groups is 1. The zero-order valence-corrected chi connectivity index (χ0v) is 13.0. The van der Waals surface area contributed by atoms with Crippen molar-refractivity contribution < 1.29 is 27.1 Å². The predicted octanol–water partition coefficient (Wildman–Crippen LogP) is 2.99. The largest absolute Gasteiger partial charge is 0.475 e. The lowest BCUT2D eigenvalue weighted by Crippen LogP contribution is -2.13. The zero-order valence-electron chi connectivity index (χ0n) is 10.6. The predicted molar refractivity (Wildman–Crippen MR) is 75.3 cm³/mol. The number of aromatic carboxylic acids is 1. The molecule has 0 saturated heterocycles. The minimum atomic E-state index is -4.11. The molecule has 0 fully saturated rings. The third-order valence-corrected chi connectivity index (χ3v) is 4.82. The van der Waals surface area contributed by atoms with E-state index in [2.05, 4.69) is 20.7 Å². The highest BCUT2D eigenvalue weighted by Gasteiger charge is 2.25. The van der Waals surface area contributed by atoms with Gasteiger partial charge in [-0.1, -0.05) is 6.07 Å².